The lowest BCUT2D eigenvalue weighted by Crippen LogP contribution is -2.52. The van der Waals surface area contributed by atoms with Gasteiger partial charge >= 0.3 is 0 Å². The molecule has 104 valence electrons. The number of benzene rings is 1. The van der Waals surface area contributed by atoms with Crippen LogP contribution in [0.3, 0.4) is 0 Å². The minimum atomic E-state index is 0.0431. The molecule has 2 nitrogen and oxygen atoms in total. The second-order valence-electron chi connectivity index (χ2n) is 6.80. The Morgan fingerprint density at radius 1 is 1.32 bits per heavy atom. The summed E-state index contributed by atoms with van der Waals surface area (Å²) in [5, 5.41) is 3.71. The quantitative estimate of drug-likeness (QED) is 0.871. The van der Waals surface area contributed by atoms with Crippen molar-refractivity contribution in [3.8, 4) is 0 Å². The average Bonchev–Trinajstić information content (AvgIpc) is 3.17. The van der Waals surface area contributed by atoms with Gasteiger partial charge in [-0.25, -0.2) is 0 Å². The van der Waals surface area contributed by atoms with E-state index in [1.165, 1.54) is 37.7 Å². The maximum absolute atomic E-state index is 6.55. The SMILES string of the molecule is CC1CCCC(N)(CNC2CC2c2ccccc2)C1. The Hall–Kier alpha value is -0.860. The smallest absolute Gasteiger partial charge is 0.0283 e. The van der Waals surface area contributed by atoms with Gasteiger partial charge in [0.2, 0.25) is 0 Å². The molecule has 2 saturated carbocycles. The summed E-state index contributed by atoms with van der Waals surface area (Å²) < 4.78 is 0. The van der Waals surface area contributed by atoms with E-state index in [1.54, 1.807) is 0 Å². The molecule has 19 heavy (non-hydrogen) atoms. The molecule has 4 unspecified atom stereocenters. The van der Waals surface area contributed by atoms with E-state index in [0.717, 1.165) is 12.5 Å². The van der Waals surface area contributed by atoms with Gasteiger partial charge in [-0.2, -0.15) is 0 Å². The van der Waals surface area contributed by atoms with E-state index >= 15 is 0 Å². The highest BCUT2D eigenvalue weighted by atomic mass is 15.0. The summed E-state index contributed by atoms with van der Waals surface area (Å²) in [4.78, 5) is 0. The largest absolute Gasteiger partial charge is 0.324 e. The molecule has 0 spiro atoms. The Labute approximate surface area is 116 Å². The predicted molar refractivity (Wildman–Crippen MR) is 80.1 cm³/mol. The fourth-order valence-electron chi connectivity index (χ4n) is 3.68. The van der Waals surface area contributed by atoms with Crippen LogP contribution in [-0.2, 0) is 0 Å². The van der Waals surface area contributed by atoms with Gasteiger partial charge in [-0.05, 0) is 30.7 Å². The van der Waals surface area contributed by atoms with E-state index in [4.69, 9.17) is 5.73 Å². The number of hydrogen-bond donors (Lipinski definition) is 2. The van der Waals surface area contributed by atoms with E-state index in [1.807, 2.05) is 0 Å². The highest BCUT2D eigenvalue weighted by Gasteiger charge is 2.40. The molecular weight excluding hydrogens is 232 g/mol. The fourth-order valence-corrected chi connectivity index (χ4v) is 3.68. The Bertz CT molecular complexity index is 417. The normalized spacial score (nSPS) is 38.1. The monoisotopic (exact) mass is 258 g/mol. The molecule has 0 bridgehead atoms. The van der Waals surface area contributed by atoms with Crippen LogP contribution >= 0.6 is 0 Å². The van der Waals surface area contributed by atoms with Crippen molar-refractivity contribution in [2.45, 2.75) is 56.5 Å². The lowest BCUT2D eigenvalue weighted by molar-refractivity contribution is 0.229. The van der Waals surface area contributed by atoms with Crippen molar-refractivity contribution < 1.29 is 0 Å². The van der Waals surface area contributed by atoms with Gasteiger partial charge in [0.15, 0.2) is 0 Å². The van der Waals surface area contributed by atoms with E-state index in [-0.39, 0.29) is 5.54 Å². The van der Waals surface area contributed by atoms with Crippen molar-refractivity contribution in [1.29, 1.82) is 0 Å². The Morgan fingerprint density at radius 2 is 2.11 bits per heavy atom. The van der Waals surface area contributed by atoms with Crippen molar-refractivity contribution in [3.63, 3.8) is 0 Å². The van der Waals surface area contributed by atoms with Crippen LogP contribution in [0.4, 0.5) is 0 Å². The van der Waals surface area contributed by atoms with Gasteiger partial charge in [-0.1, -0.05) is 50.1 Å². The zero-order valence-corrected chi connectivity index (χ0v) is 11.9. The molecule has 0 amide bonds. The van der Waals surface area contributed by atoms with E-state index in [2.05, 4.69) is 42.6 Å². The zero-order chi connectivity index (χ0) is 13.3. The summed E-state index contributed by atoms with van der Waals surface area (Å²) in [5.74, 6) is 1.51. The predicted octanol–water partition coefficient (Wildman–Crippen LogP) is 3.04. The lowest BCUT2D eigenvalue weighted by atomic mass is 9.77. The van der Waals surface area contributed by atoms with Crippen molar-refractivity contribution in [3.05, 3.63) is 35.9 Å². The van der Waals surface area contributed by atoms with Crippen LogP contribution in [0.15, 0.2) is 30.3 Å². The Kier molecular flexibility index (Phi) is 3.64. The van der Waals surface area contributed by atoms with Crippen molar-refractivity contribution in [2.24, 2.45) is 11.7 Å². The highest BCUT2D eigenvalue weighted by Crippen LogP contribution is 2.41. The lowest BCUT2D eigenvalue weighted by Gasteiger charge is -2.37. The summed E-state index contributed by atoms with van der Waals surface area (Å²) in [6.07, 6.45) is 6.30. The van der Waals surface area contributed by atoms with Gasteiger partial charge in [-0.15, -0.1) is 0 Å². The summed E-state index contributed by atoms with van der Waals surface area (Å²) in [6.45, 7) is 3.33. The molecule has 2 fully saturated rings. The molecule has 3 N–H and O–H groups in total. The molecule has 2 aliphatic rings. The molecule has 0 saturated heterocycles. The molecular formula is C17H26N2. The standard InChI is InChI=1S/C17H26N2/c1-13-6-5-9-17(18,11-13)12-19-16-10-15(16)14-7-3-2-4-8-14/h2-4,7-8,13,15-16,19H,5-6,9-12,18H2,1H3. The second kappa shape index (κ2) is 5.26. The first-order valence-corrected chi connectivity index (χ1v) is 7.73. The first-order chi connectivity index (χ1) is 9.16. The first kappa shape index (κ1) is 13.1. The summed E-state index contributed by atoms with van der Waals surface area (Å²) in [6, 6.07) is 11.5. The van der Waals surface area contributed by atoms with Crippen LogP contribution in [-0.4, -0.2) is 18.1 Å². The average molecular weight is 258 g/mol. The van der Waals surface area contributed by atoms with Crippen LogP contribution < -0.4 is 11.1 Å². The minimum absolute atomic E-state index is 0.0431. The van der Waals surface area contributed by atoms with Crippen LogP contribution in [0.1, 0.15) is 50.5 Å². The molecule has 1 aromatic rings. The van der Waals surface area contributed by atoms with Gasteiger partial charge in [0, 0.05) is 24.0 Å². The third kappa shape index (κ3) is 3.18. The van der Waals surface area contributed by atoms with Gasteiger partial charge < -0.3 is 11.1 Å². The number of nitrogens with two attached hydrogens (primary N) is 1. The number of nitrogens with one attached hydrogen (secondary N) is 1. The Morgan fingerprint density at radius 3 is 2.84 bits per heavy atom. The van der Waals surface area contributed by atoms with E-state index in [9.17, 15) is 0 Å². The zero-order valence-electron chi connectivity index (χ0n) is 11.9. The minimum Gasteiger partial charge on any atom is -0.324 e. The number of rotatable bonds is 4. The third-order valence-electron chi connectivity index (χ3n) is 4.86. The van der Waals surface area contributed by atoms with Gasteiger partial charge in [0.1, 0.15) is 0 Å². The van der Waals surface area contributed by atoms with Crippen molar-refractivity contribution in [2.75, 3.05) is 6.54 Å². The highest BCUT2D eigenvalue weighted by molar-refractivity contribution is 5.27. The van der Waals surface area contributed by atoms with Gasteiger partial charge in [0.25, 0.3) is 0 Å². The summed E-state index contributed by atoms with van der Waals surface area (Å²) in [5.41, 5.74) is 8.07. The maximum Gasteiger partial charge on any atom is 0.0283 e. The van der Waals surface area contributed by atoms with Gasteiger partial charge in [0.05, 0.1) is 0 Å². The summed E-state index contributed by atoms with van der Waals surface area (Å²) in [7, 11) is 0. The Balaban J connectivity index is 1.49. The number of hydrogen-bond acceptors (Lipinski definition) is 2. The first-order valence-electron chi connectivity index (χ1n) is 7.73. The molecule has 2 aliphatic carbocycles. The molecule has 0 heterocycles. The third-order valence-corrected chi connectivity index (χ3v) is 4.86. The fraction of sp³-hybridized carbons (Fsp3) is 0.647. The molecule has 2 heteroatoms. The van der Waals surface area contributed by atoms with Crippen molar-refractivity contribution in [1.82, 2.24) is 5.32 Å². The van der Waals surface area contributed by atoms with Gasteiger partial charge in [-0.3, -0.25) is 0 Å². The molecule has 0 aliphatic heterocycles. The van der Waals surface area contributed by atoms with E-state index < -0.39 is 0 Å². The molecule has 1 aromatic carbocycles. The van der Waals surface area contributed by atoms with Crippen LogP contribution in [0, 0.1) is 5.92 Å². The molecule has 4 atom stereocenters. The molecule has 0 radical (unpaired) electrons. The van der Waals surface area contributed by atoms with E-state index in [0.29, 0.717) is 12.0 Å². The molecule has 0 aromatic heterocycles. The molecule has 3 rings (SSSR count). The second-order valence-corrected chi connectivity index (χ2v) is 6.80. The topological polar surface area (TPSA) is 38.0 Å². The maximum atomic E-state index is 6.55. The summed E-state index contributed by atoms with van der Waals surface area (Å²) >= 11 is 0. The van der Waals surface area contributed by atoms with Crippen LogP contribution in [0.5, 0.6) is 0 Å². The van der Waals surface area contributed by atoms with Crippen LogP contribution in [0.2, 0.25) is 0 Å². The van der Waals surface area contributed by atoms with Crippen molar-refractivity contribution >= 4 is 0 Å². The van der Waals surface area contributed by atoms with Crippen LogP contribution in [0.25, 0.3) is 0 Å².